The largest absolute Gasteiger partial charge is 0.460 e. The van der Waals surface area contributed by atoms with Gasteiger partial charge in [0.2, 0.25) is 0 Å². The van der Waals surface area contributed by atoms with E-state index in [1.165, 1.54) is 0 Å². The maximum Gasteiger partial charge on any atom is 0.314 e. The van der Waals surface area contributed by atoms with E-state index in [0.29, 0.717) is 12.1 Å². The summed E-state index contributed by atoms with van der Waals surface area (Å²) in [6.45, 7) is 5.91. The number of para-hydroxylation sites is 1. The number of rotatable bonds is 2. The molecule has 0 spiro atoms. The number of ether oxygens (including phenoxy) is 1. The molecule has 1 N–H and O–H groups in total. The van der Waals surface area contributed by atoms with E-state index in [0.717, 1.165) is 11.3 Å². The monoisotopic (exact) mass is 339 g/mol. The molecule has 1 aliphatic rings. The Morgan fingerprint density at radius 2 is 1.72 bits per heavy atom. The highest BCUT2D eigenvalue weighted by Crippen LogP contribution is 2.46. The fraction of sp³-hybridized carbons (Fsp3) is 0.381. The Balaban J connectivity index is 2.16. The summed E-state index contributed by atoms with van der Waals surface area (Å²) in [5.41, 5.74) is 0.322. The summed E-state index contributed by atoms with van der Waals surface area (Å²) in [6, 6.07) is 17.0. The van der Waals surface area contributed by atoms with E-state index >= 15 is 0 Å². The summed E-state index contributed by atoms with van der Waals surface area (Å²) in [5, 5.41) is 11.8. The van der Waals surface area contributed by atoms with Crippen molar-refractivity contribution in [1.29, 1.82) is 0 Å². The second kappa shape index (κ2) is 6.19. The van der Waals surface area contributed by atoms with Crippen molar-refractivity contribution in [1.82, 2.24) is 0 Å². The van der Waals surface area contributed by atoms with Crippen LogP contribution < -0.4 is 4.90 Å². The number of aliphatic hydroxyl groups is 1. The van der Waals surface area contributed by atoms with Crippen molar-refractivity contribution in [2.45, 2.75) is 32.0 Å². The Labute approximate surface area is 149 Å². The molecule has 4 nitrogen and oxygen atoms in total. The molecular formula is C21H25NO3. The van der Waals surface area contributed by atoms with Crippen LogP contribution in [-0.2, 0) is 15.1 Å². The lowest BCUT2D eigenvalue weighted by Gasteiger charge is -2.45. The topological polar surface area (TPSA) is 49.8 Å². The van der Waals surface area contributed by atoms with Gasteiger partial charge in [0.05, 0.1) is 0 Å². The molecule has 2 aromatic carbocycles. The second-order valence-corrected chi connectivity index (χ2v) is 7.62. The van der Waals surface area contributed by atoms with Gasteiger partial charge in [-0.25, -0.2) is 0 Å². The number of esters is 1. The summed E-state index contributed by atoms with van der Waals surface area (Å²) < 4.78 is 5.63. The molecule has 0 amide bonds. The van der Waals surface area contributed by atoms with Gasteiger partial charge in [-0.2, -0.15) is 0 Å². The van der Waals surface area contributed by atoms with Crippen molar-refractivity contribution >= 4 is 11.7 Å². The van der Waals surface area contributed by atoms with Crippen molar-refractivity contribution < 1.29 is 14.6 Å². The first-order chi connectivity index (χ1) is 11.7. The average Bonchev–Trinajstić information content (AvgIpc) is 2.57. The standard InChI is InChI=1S/C21H25NO3/c1-20(2,3)25-19(23)17-14-22(4)18-13-9-8-12-16(18)21(17,24)15-10-6-5-7-11-15/h5-13,17,24H,14H2,1-4H3/t17-,21-/m1/s1. The minimum atomic E-state index is -1.42. The van der Waals surface area contributed by atoms with E-state index < -0.39 is 17.1 Å². The van der Waals surface area contributed by atoms with E-state index in [1.54, 1.807) is 0 Å². The zero-order chi connectivity index (χ0) is 18.2. The molecule has 0 aliphatic carbocycles. The molecule has 2 atom stereocenters. The quantitative estimate of drug-likeness (QED) is 0.853. The van der Waals surface area contributed by atoms with Gasteiger partial charge in [-0.05, 0) is 32.4 Å². The molecule has 132 valence electrons. The molecule has 0 saturated carbocycles. The molecule has 0 unspecified atom stereocenters. The van der Waals surface area contributed by atoms with Gasteiger partial charge in [0.25, 0.3) is 0 Å². The molecule has 1 aliphatic heterocycles. The minimum absolute atomic E-state index is 0.386. The lowest BCUT2D eigenvalue weighted by atomic mass is 9.72. The van der Waals surface area contributed by atoms with Gasteiger partial charge in [-0.3, -0.25) is 4.79 Å². The van der Waals surface area contributed by atoms with Crippen LogP contribution in [0.5, 0.6) is 0 Å². The normalized spacial score (nSPS) is 23.1. The highest BCUT2D eigenvalue weighted by molar-refractivity contribution is 5.79. The van der Waals surface area contributed by atoms with Gasteiger partial charge in [0.15, 0.2) is 0 Å². The van der Waals surface area contributed by atoms with Gasteiger partial charge >= 0.3 is 5.97 Å². The van der Waals surface area contributed by atoms with Crippen molar-refractivity contribution in [2.75, 3.05) is 18.5 Å². The Hall–Kier alpha value is -2.33. The lowest BCUT2D eigenvalue weighted by Crippen LogP contribution is -2.52. The third-order valence-corrected chi connectivity index (χ3v) is 4.59. The third-order valence-electron chi connectivity index (χ3n) is 4.59. The maximum atomic E-state index is 12.9. The van der Waals surface area contributed by atoms with Crippen molar-refractivity contribution in [2.24, 2.45) is 5.92 Å². The maximum absolute atomic E-state index is 12.9. The van der Waals surface area contributed by atoms with Gasteiger partial charge in [-0.1, -0.05) is 48.5 Å². The first-order valence-corrected chi connectivity index (χ1v) is 8.55. The predicted molar refractivity (Wildman–Crippen MR) is 98.5 cm³/mol. The Morgan fingerprint density at radius 3 is 2.36 bits per heavy atom. The molecule has 0 saturated heterocycles. The van der Waals surface area contributed by atoms with Crippen LogP contribution in [0.3, 0.4) is 0 Å². The minimum Gasteiger partial charge on any atom is -0.460 e. The van der Waals surface area contributed by atoms with Crippen LogP contribution in [0, 0.1) is 5.92 Å². The summed E-state index contributed by atoms with van der Waals surface area (Å²) in [7, 11) is 1.93. The molecular weight excluding hydrogens is 314 g/mol. The third kappa shape index (κ3) is 3.14. The van der Waals surface area contributed by atoms with Crippen LogP contribution in [-0.4, -0.2) is 30.3 Å². The fourth-order valence-electron chi connectivity index (χ4n) is 3.49. The van der Waals surface area contributed by atoms with Crippen LogP contribution in [0.15, 0.2) is 54.6 Å². The van der Waals surface area contributed by atoms with Crippen LogP contribution in [0.1, 0.15) is 31.9 Å². The number of nitrogens with zero attached hydrogens (tertiary/aromatic N) is 1. The van der Waals surface area contributed by atoms with E-state index in [4.69, 9.17) is 4.74 Å². The SMILES string of the molecule is CN1C[C@H](C(=O)OC(C)(C)C)[C@@](O)(c2ccccc2)c2ccccc21. The van der Waals surface area contributed by atoms with E-state index in [-0.39, 0.29) is 5.97 Å². The van der Waals surface area contributed by atoms with Gasteiger partial charge < -0.3 is 14.7 Å². The number of anilines is 1. The van der Waals surface area contributed by atoms with Gasteiger partial charge in [-0.15, -0.1) is 0 Å². The number of carbonyl (C=O) groups excluding carboxylic acids is 1. The van der Waals surface area contributed by atoms with E-state index in [1.807, 2.05) is 87.3 Å². The summed E-state index contributed by atoms with van der Waals surface area (Å²) in [6.07, 6.45) is 0. The Kier molecular flexibility index (Phi) is 4.33. The molecule has 2 aromatic rings. The van der Waals surface area contributed by atoms with Crippen LogP contribution >= 0.6 is 0 Å². The molecule has 0 bridgehead atoms. The fourth-order valence-corrected chi connectivity index (χ4v) is 3.49. The lowest BCUT2D eigenvalue weighted by molar-refractivity contribution is -0.168. The molecule has 0 radical (unpaired) electrons. The summed E-state index contributed by atoms with van der Waals surface area (Å²) >= 11 is 0. The van der Waals surface area contributed by atoms with Gasteiger partial charge in [0.1, 0.15) is 17.1 Å². The summed E-state index contributed by atoms with van der Waals surface area (Å²) in [5.74, 6) is -1.10. The second-order valence-electron chi connectivity index (χ2n) is 7.62. The smallest absolute Gasteiger partial charge is 0.314 e. The number of carbonyl (C=O) groups is 1. The summed E-state index contributed by atoms with van der Waals surface area (Å²) in [4.78, 5) is 15.0. The van der Waals surface area contributed by atoms with E-state index in [2.05, 4.69) is 0 Å². The van der Waals surface area contributed by atoms with Crippen LogP contribution in [0.4, 0.5) is 5.69 Å². The van der Waals surface area contributed by atoms with Crippen molar-refractivity contribution in [3.63, 3.8) is 0 Å². The first kappa shape index (κ1) is 17.5. The zero-order valence-corrected chi connectivity index (χ0v) is 15.2. The Morgan fingerprint density at radius 1 is 1.12 bits per heavy atom. The van der Waals surface area contributed by atoms with Crippen LogP contribution in [0.25, 0.3) is 0 Å². The predicted octanol–water partition coefficient (Wildman–Crippen LogP) is 3.33. The number of fused-ring (bicyclic) bond motifs is 1. The van der Waals surface area contributed by atoms with E-state index in [9.17, 15) is 9.90 Å². The Bertz CT molecular complexity index is 766. The highest BCUT2D eigenvalue weighted by Gasteiger charge is 2.50. The number of hydrogen-bond donors (Lipinski definition) is 1. The molecule has 25 heavy (non-hydrogen) atoms. The van der Waals surface area contributed by atoms with Crippen molar-refractivity contribution in [3.8, 4) is 0 Å². The average molecular weight is 339 g/mol. The number of hydrogen-bond acceptors (Lipinski definition) is 4. The molecule has 4 heteroatoms. The first-order valence-electron chi connectivity index (χ1n) is 8.55. The molecule has 0 aromatic heterocycles. The zero-order valence-electron chi connectivity index (χ0n) is 15.2. The van der Waals surface area contributed by atoms with Crippen LogP contribution in [0.2, 0.25) is 0 Å². The molecule has 1 heterocycles. The highest BCUT2D eigenvalue weighted by atomic mass is 16.6. The van der Waals surface area contributed by atoms with Crippen molar-refractivity contribution in [3.05, 3.63) is 65.7 Å². The molecule has 3 rings (SSSR count). The van der Waals surface area contributed by atoms with Gasteiger partial charge in [0, 0.05) is 24.8 Å². The number of benzene rings is 2. The molecule has 0 fully saturated rings.